The van der Waals surface area contributed by atoms with Gasteiger partial charge in [0.1, 0.15) is 11.5 Å². The van der Waals surface area contributed by atoms with Crippen molar-refractivity contribution in [1.29, 1.82) is 0 Å². The highest BCUT2D eigenvalue weighted by molar-refractivity contribution is 6.27. The lowest BCUT2D eigenvalue weighted by atomic mass is 10.0. The lowest BCUT2D eigenvalue weighted by Crippen LogP contribution is -2.45. The predicted octanol–water partition coefficient (Wildman–Crippen LogP) is 2.80. The third-order valence-corrected chi connectivity index (χ3v) is 7.34. The van der Waals surface area contributed by atoms with E-state index in [0.717, 1.165) is 65.9 Å². The number of nitrogens with one attached hydrogen (secondary N) is 2. The number of carboxylic acid groups (broad SMARTS) is 2. The Hall–Kier alpha value is -4.26. The first kappa shape index (κ1) is 30.7. The maximum Gasteiger partial charge on any atom is 0.414 e. The Kier molecular flexibility index (Phi) is 9.61. The van der Waals surface area contributed by atoms with Gasteiger partial charge < -0.3 is 40.3 Å². The molecule has 1 saturated heterocycles. The number of hydrogen-bond acceptors (Lipinski definition) is 9. The average molecular weight is 581 g/mol. The number of fused-ring (bicyclic) bond motifs is 2. The molecule has 0 unspecified atom stereocenters. The van der Waals surface area contributed by atoms with Crippen molar-refractivity contribution in [2.24, 2.45) is 0 Å². The highest BCUT2D eigenvalue weighted by atomic mass is 16.5. The molecule has 2 aromatic carbocycles. The number of aliphatic hydroxyl groups is 1. The second kappa shape index (κ2) is 13.1. The van der Waals surface area contributed by atoms with Crippen molar-refractivity contribution in [3.63, 3.8) is 0 Å². The topological polar surface area (TPSA) is 171 Å². The molecule has 0 bridgehead atoms. The third-order valence-electron chi connectivity index (χ3n) is 7.34. The van der Waals surface area contributed by atoms with Crippen molar-refractivity contribution in [2.75, 3.05) is 32.1 Å². The van der Waals surface area contributed by atoms with Crippen LogP contribution in [-0.2, 0) is 20.9 Å². The lowest BCUT2D eigenvalue weighted by molar-refractivity contribution is -0.159. The molecule has 0 saturated carbocycles. The summed E-state index contributed by atoms with van der Waals surface area (Å²) in [7, 11) is 1.64. The number of methoxy groups -OCH3 is 1. The van der Waals surface area contributed by atoms with E-state index in [-0.39, 0.29) is 5.91 Å². The minimum absolute atomic E-state index is 0.131. The van der Waals surface area contributed by atoms with E-state index in [4.69, 9.17) is 29.3 Å². The van der Waals surface area contributed by atoms with Gasteiger partial charge in [0.15, 0.2) is 5.60 Å². The molecule has 0 spiro atoms. The van der Waals surface area contributed by atoms with Crippen molar-refractivity contribution in [2.45, 2.75) is 51.0 Å². The van der Waals surface area contributed by atoms with E-state index in [0.29, 0.717) is 18.3 Å². The van der Waals surface area contributed by atoms with Gasteiger partial charge in [0.05, 0.1) is 24.4 Å². The zero-order valence-corrected chi connectivity index (χ0v) is 23.8. The van der Waals surface area contributed by atoms with Crippen LogP contribution in [0.25, 0.3) is 10.9 Å². The molecule has 1 aromatic heterocycles. The Balaban J connectivity index is 0.000000612. The number of carbonyl (C=O) groups excluding carboxylic acids is 1. The number of carbonyl (C=O) groups is 3. The molecule has 5 rings (SSSR count). The second-order valence-electron chi connectivity index (χ2n) is 10.8. The normalized spacial score (nSPS) is 17.2. The van der Waals surface area contributed by atoms with E-state index in [9.17, 15) is 9.90 Å². The number of nitrogens with zero attached hydrogens (tertiary/aromatic N) is 2. The average Bonchev–Trinajstić information content (AvgIpc) is 2.97. The number of amides is 1. The summed E-state index contributed by atoms with van der Waals surface area (Å²) in [6, 6.07) is 14.0. The number of aliphatic carboxylic acids is 2. The van der Waals surface area contributed by atoms with Crippen molar-refractivity contribution in [3.8, 4) is 11.5 Å². The first-order chi connectivity index (χ1) is 20.0. The maximum absolute atomic E-state index is 12.2. The summed E-state index contributed by atoms with van der Waals surface area (Å²) >= 11 is 0. The third kappa shape index (κ3) is 7.52. The first-order valence-corrected chi connectivity index (χ1v) is 13.6. The van der Waals surface area contributed by atoms with E-state index >= 15 is 0 Å². The summed E-state index contributed by atoms with van der Waals surface area (Å²) in [5.41, 5.74) is 2.71. The number of piperidine rings is 1. The fraction of sp³-hybridized carbons (Fsp3) is 0.400. The minimum Gasteiger partial charge on any atom is -0.497 e. The molecule has 0 aliphatic carbocycles. The molecule has 1 atom stereocenters. The van der Waals surface area contributed by atoms with Crippen LogP contribution in [-0.4, -0.2) is 81.4 Å². The Morgan fingerprint density at radius 1 is 1.14 bits per heavy atom. The van der Waals surface area contributed by atoms with Crippen LogP contribution in [0.15, 0.2) is 48.7 Å². The summed E-state index contributed by atoms with van der Waals surface area (Å²) < 4.78 is 11.2. The van der Waals surface area contributed by atoms with Gasteiger partial charge in [0.25, 0.3) is 5.91 Å². The number of aliphatic hydroxyl groups excluding tert-OH is 1. The molecule has 2 aliphatic rings. The molecule has 12 heteroatoms. The maximum atomic E-state index is 12.2. The molecule has 12 nitrogen and oxygen atoms in total. The van der Waals surface area contributed by atoms with Crippen LogP contribution in [0.1, 0.15) is 43.9 Å². The molecule has 224 valence electrons. The van der Waals surface area contributed by atoms with E-state index < -0.39 is 23.6 Å². The Morgan fingerprint density at radius 3 is 2.52 bits per heavy atom. The zero-order valence-electron chi connectivity index (χ0n) is 23.8. The molecule has 3 aromatic rings. The number of pyridine rings is 1. The monoisotopic (exact) mass is 580 g/mol. The molecule has 0 radical (unpaired) electrons. The number of β-amino-alcohol motifs (C(OH)–C–C–N with tert-alkyl or cyclic N) is 1. The SMILES string of the molecule is COc1ccc2nccc([C@@H](O)CN3CCC(NCc4ccc5c(c4)NC(=O)C(C)(C)O5)CC3)c2c1.O=C(O)C(=O)O. The Labute approximate surface area is 243 Å². The van der Waals surface area contributed by atoms with Gasteiger partial charge in [0, 0.05) is 30.7 Å². The summed E-state index contributed by atoms with van der Waals surface area (Å²) in [5, 5.41) is 33.3. The van der Waals surface area contributed by atoms with Gasteiger partial charge in [0.2, 0.25) is 0 Å². The number of rotatable bonds is 7. The molecule has 5 N–H and O–H groups in total. The van der Waals surface area contributed by atoms with Crippen LogP contribution in [0.2, 0.25) is 0 Å². The summed E-state index contributed by atoms with van der Waals surface area (Å²) in [6.45, 7) is 6.69. The molecule has 1 fully saturated rings. The molecule has 2 aliphatic heterocycles. The van der Waals surface area contributed by atoms with Gasteiger partial charge >= 0.3 is 11.9 Å². The molecular weight excluding hydrogens is 544 g/mol. The number of ether oxygens (including phenoxy) is 2. The van der Waals surface area contributed by atoms with E-state index in [1.807, 2.05) is 42.5 Å². The van der Waals surface area contributed by atoms with Gasteiger partial charge in [-0.1, -0.05) is 6.07 Å². The smallest absolute Gasteiger partial charge is 0.414 e. The van der Waals surface area contributed by atoms with Crippen LogP contribution in [0, 0.1) is 0 Å². The minimum atomic E-state index is -1.82. The van der Waals surface area contributed by atoms with Crippen LogP contribution in [0.4, 0.5) is 5.69 Å². The number of aromatic nitrogens is 1. The number of benzene rings is 2. The number of likely N-dealkylation sites (tertiary alicyclic amines) is 1. The van der Waals surface area contributed by atoms with Crippen LogP contribution in [0.3, 0.4) is 0 Å². The summed E-state index contributed by atoms with van der Waals surface area (Å²) in [6.07, 6.45) is 3.18. The quantitative estimate of drug-likeness (QED) is 0.260. The highest BCUT2D eigenvalue weighted by Gasteiger charge is 2.35. The van der Waals surface area contributed by atoms with Crippen molar-refractivity contribution in [3.05, 3.63) is 59.8 Å². The van der Waals surface area contributed by atoms with Gasteiger partial charge in [-0.3, -0.25) is 9.78 Å². The predicted molar refractivity (Wildman–Crippen MR) is 155 cm³/mol. The van der Waals surface area contributed by atoms with Crippen LogP contribution >= 0.6 is 0 Å². The van der Waals surface area contributed by atoms with Crippen molar-refractivity contribution >= 4 is 34.4 Å². The van der Waals surface area contributed by atoms with E-state index in [1.54, 1.807) is 27.2 Å². The Morgan fingerprint density at radius 2 is 1.86 bits per heavy atom. The summed E-state index contributed by atoms with van der Waals surface area (Å²) in [4.78, 5) is 37.1. The van der Waals surface area contributed by atoms with Crippen LogP contribution < -0.4 is 20.1 Å². The fourth-order valence-corrected chi connectivity index (χ4v) is 4.96. The van der Waals surface area contributed by atoms with E-state index in [2.05, 4.69) is 20.5 Å². The molecule has 3 heterocycles. The molecular formula is C30H36N4O8. The van der Waals surface area contributed by atoms with Crippen molar-refractivity contribution in [1.82, 2.24) is 15.2 Å². The first-order valence-electron chi connectivity index (χ1n) is 13.6. The van der Waals surface area contributed by atoms with E-state index in [1.165, 1.54) is 0 Å². The number of anilines is 1. The van der Waals surface area contributed by atoms with Gasteiger partial charge in [-0.25, -0.2) is 9.59 Å². The van der Waals surface area contributed by atoms with Gasteiger partial charge in [-0.15, -0.1) is 0 Å². The van der Waals surface area contributed by atoms with Gasteiger partial charge in [-0.05, 0) is 87.3 Å². The fourth-order valence-electron chi connectivity index (χ4n) is 4.96. The number of hydrogen-bond donors (Lipinski definition) is 5. The Bertz CT molecular complexity index is 1440. The molecule has 42 heavy (non-hydrogen) atoms. The lowest BCUT2D eigenvalue weighted by Gasteiger charge is -2.34. The molecule has 1 amide bonds. The van der Waals surface area contributed by atoms with Crippen molar-refractivity contribution < 1.29 is 39.2 Å². The number of carboxylic acids is 2. The largest absolute Gasteiger partial charge is 0.497 e. The standard InChI is InChI=1S/C28H34N4O4.C2H2O4/c1-28(2)27(34)31-24-14-18(4-7-26(24)36-28)16-30-19-9-12-32(13-10-19)17-25(33)21-8-11-29-23-6-5-20(35-3)15-22(21)23;3-1(4)2(5)6/h4-8,11,14-15,19,25,30,33H,9-10,12-13,16-17H2,1-3H3,(H,31,34);(H,3,4)(H,5,6)/t25-;/m0./s1. The zero-order chi connectivity index (χ0) is 30.4. The van der Waals surface area contributed by atoms with Gasteiger partial charge in [-0.2, -0.15) is 0 Å². The van der Waals surface area contributed by atoms with Crippen LogP contribution in [0.5, 0.6) is 11.5 Å². The second-order valence-corrected chi connectivity index (χ2v) is 10.8. The summed E-state index contributed by atoms with van der Waals surface area (Å²) in [5.74, 6) is -2.32. The highest BCUT2D eigenvalue weighted by Crippen LogP contribution is 2.34.